The summed E-state index contributed by atoms with van der Waals surface area (Å²) in [6, 6.07) is 3.12. The van der Waals surface area contributed by atoms with Gasteiger partial charge in [0.15, 0.2) is 11.6 Å². The molecule has 5 nitrogen and oxygen atoms in total. The lowest BCUT2D eigenvalue weighted by Gasteiger charge is -2.33. The number of hydrogen-bond donors (Lipinski definition) is 3. The van der Waals surface area contributed by atoms with E-state index in [0.29, 0.717) is 0 Å². The van der Waals surface area contributed by atoms with Crippen LogP contribution >= 0.6 is 0 Å². The fraction of sp³-hybridized carbons (Fsp3) is 0.500. The third-order valence-corrected chi connectivity index (χ3v) is 3.14. The second-order valence-corrected chi connectivity index (χ2v) is 4.54. The average Bonchev–Trinajstić information content (AvgIpc) is 2.33. The molecule has 1 saturated heterocycles. The summed E-state index contributed by atoms with van der Waals surface area (Å²) in [7, 11) is 0. The second kappa shape index (κ2) is 4.71. The van der Waals surface area contributed by atoms with Crippen molar-refractivity contribution in [3.8, 4) is 5.75 Å². The highest BCUT2D eigenvalue weighted by Crippen LogP contribution is 2.23. The molecule has 1 aliphatic heterocycles. The van der Waals surface area contributed by atoms with Crippen LogP contribution in [0, 0.1) is 0 Å². The second-order valence-electron chi connectivity index (χ2n) is 4.54. The Morgan fingerprint density at radius 1 is 1.59 bits per heavy atom. The number of piperidine rings is 1. The number of pyridine rings is 1. The molecule has 3 N–H and O–H groups in total. The number of anilines is 1. The zero-order valence-electron chi connectivity index (χ0n) is 9.86. The highest BCUT2D eigenvalue weighted by molar-refractivity contribution is 5.98. The van der Waals surface area contributed by atoms with Crippen molar-refractivity contribution in [1.82, 2.24) is 10.3 Å². The Morgan fingerprint density at radius 2 is 2.41 bits per heavy atom. The number of aromatic hydroxyl groups is 1. The standard InChI is InChI=1S/C12H17N3O2/c1-12(6-2-3-8-14-12)11(17)15-10-9(16)5-4-7-13-10/h4-5,7,14,16H,2-3,6,8H2,1H3,(H,13,15,17). The molecule has 0 saturated carbocycles. The van der Waals surface area contributed by atoms with E-state index in [0.717, 1.165) is 25.8 Å². The van der Waals surface area contributed by atoms with Gasteiger partial charge in [-0.2, -0.15) is 0 Å². The van der Waals surface area contributed by atoms with Gasteiger partial charge in [-0.1, -0.05) is 0 Å². The van der Waals surface area contributed by atoms with Gasteiger partial charge in [-0.3, -0.25) is 4.79 Å². The summed E-state index contributed by atoms with van der Waals surface area (Å²) in [5.41, 5.74) is -0.567. The van der Waals surface area contributed by atoms with Gasteiger partial charge in [0.2, 0.25) is 5.91 Å². The molecule has 0 bridgehead atoms. The minimum Gasteiger partial charge on any atom is -0.504 e. The van der Waals surface area contributed by atoms with E-state index in [1.807, 2.05) is 6.92 Å². The molecule has 0 radical (unpaired) electrons. The van der Waals surface area contributed by atoms with Gasteiger partial charge < -0.3 is 15.7 Å². The van der Waals surface area contributed by atoms with E-state index < -0.39 is 5.54 Å². The van der Waals surface area contributed by atoms with Gasteiger partial charge in [-0.05, 0) is 44.9 Å². The molecule has 1 atom stereocenters. The first-order valence-corrected chi connectivity index (χ1v) is 5.82. The Bertz CT molecular complexity index is 414. The molecular formula is C12H17N3O2. The van der Waals surface area contributed by atoms with Gasteiger partial charge in [0, 0.05) is 6.20 Å². The highest BCUT2D eigenvalue weighted by Gasteiger charge is 2.34. The summed E-state index contributed by atoms with van der Waals surface area (Å²) in [6.45, 7) is 2.72. The molecule has 0 aliphatic carbocycles. The number of aromatic nitrogens is 1. The van der Waals surface area contributed by atoms with Gasteiger partial charge in [0.05, 0.1) is 5.54 Å². The molecule has 1 unspecified atom stereocenters. The SMILES string of the molecule is CC1(C(=O)Nc2ncccc2O)CCCCN1. The van der Waals surface area contributed by atoms with Crippen molar-refractivity contribution in [1.29, 1.82) is 0 Å². The molecular weight excluding hydrogens is 218 g/mol. The first-order valence-electron chi connectivity index (χ1n) is 5.82. The van der Waals surface area contributed by atoms with Gasteiger partial charge in [-0.25, -0.2) is 4.98 Å². The van der Waals surface area contributed by atoms with Crippen LogP contribution in [0.3, 0.4) is 0 Å². The maximum absolute atomic E-state index is 12.1. The Morgan fingerprint density at radius 3 is 3.06 bits per heavy atom. The van der Waals surface area contributed by atoms with Crippen molar-refractivity contribution in [2.45, 2.75) is 31.7 Å². The molecule has 2 rings (SSSR count). The quantitative estimate of drug-likeness (QED) is 0.721. The molecule has 1 aromatic rings. The Labute approximate surface area is 100 Å². The van der Waals surface area contributed by atoms with Crippen molar-refractivity contribution < 1.29 is 9.90 Å². The summed E-state index contributed by atoms with van der Waals surface area (Å²) < 4.78 is 0. The van der Waals surface area contributed by atoms with Crippen LogP contribution < -0.4 is 10.6 Å². The van der Waals surface area contributed by atoms with Gasteiger partial charge in [-0.15, -0.1) is 0 Å². The molecule has 1 amide bonds. The van der Waals surface area contributed by atoms with Crippen molar-refractivity contribution in [2.24, 2.45) is 0 Å². The third-order valence-electron chi connectivity index (χ3n) is 3.14. The number of nitrogens with zero attached hydrogens (tertiary/aromatic N) is 1. The maximum atomic E-state index is 12.1. The van der Waals surface area contributed by atoms with E-state index in [1.165, 1.54) is 12.3 Å². The maximum Gasteiger partial charge on any atom is 0.245 e. The Kier molecular flexibility index (Phi) is 3.28. The Balaban J connectivity index is 2.08. The largest absolute Gasteiger partial charge is 0.504 e. The number of carbonyl (C=O) groups excluding carboxylic acids is 1. The first-order chi connectivity index (χ1) is 8.12. The molecule has 0 spiro atoms. The van der Waals surface area contributed by atoms with Crippen molar-refractivity contribution in [3.63, 3.8) is 0 Å². The van der Waals surface area contributed by atoms with Crippen LogP contribution in [0.5, 0.6) is 5.75 Å². The van der Waals surface area contributed by atoms with Crippen LogP contribution in [0.2, 0.25) is 0 Å². The molecule has 0 aromatic carbocycles. The number of carbonyl (C=O) groups is 1. The molecule has 1 fully saturated rings. The zero-order valence-corrected chi connectivity index (χ0v) is 9.86. The van der Waals surface area contributed by atoms with Crippen molar-refractivity contribution >= 4 is 11.7 Å². The molecule has 2 heterocycles. The zero-order chi connectivity index (χ0) is 12.3. The van der Waals surface area contributed by atoms with E-state index in [4.69, 9.17) is 0 Å². The summed E-state index contributed by atoms with van der Waals surface area (Å²) in [4.78, 5) is 16.1. The van der Waals surface area contributed by atoms with Crippen LogP contribution in [0.25, 0.3) is 0 Å². The number of amides is 1. The smallest absolute Gasteiger partial charge is 0.245 e. The van der Waals surface area contributed by atoms with E-state index in [-0.39, 0.29) is 17.5 Å². The molecule has 5 heteroatoms. The van der Waals surface area contributed by atoms with Crippen LogP contribution in [-0.4, -0.2) is 28.1 Å². The lowest BCUT2D eigenvalue weighted by atomic mass is 9.90. The predicted octanol–water partition coefficient (Wildman–Crippen LogP) is 1.26. The van der Waals surface area contributed by atoms with Gasteiger partial charge in [0.25, 0.3) is 0 Å². The number of nitrogens with one attached hydrogen (secondary N) is 2. The summed E-state index contributed by atoms with van der Waals surface area (Å²) in [6.07, 6.45) is 4.46. The van der Waals surface area contributed by atoms with E-state index in [1.54, 1.807) is 6.07 Å². The fourth-order valence-corrected chi connectivity index (χ4v) is 1.99. The van der Waals surface area contributed by atoms with E-state index in [2.05, 4.69) is 15.6 Å². The number of rotatable bonds is 2. The lowest BCUT2D eigenvalue weighted by Crippen LogP contribution is -2.54. The van der Waals surface area contributed by atoms with Gasteiger partial charge in [0.1, 0.15) is 0 Å². The molecule has 1 aliphatic rings. The van der Waals surface area contributed by atoms with Crippen LogP contribution in [-0.2, 0) is 4.79 Å². The number of hydrogen-bond acceptors (Lipinski definition) is 4. The summed E-state index contributed by atoms with van der Waals surface area (Å²) >= 11 is 0. The lowest BCUT2D eigenvalue weighted by molar-refractivity contribution is -0.122. The first kappa shape index (κ1) is 11.9. The minimum absolute atomic E-state index is 0.0136. The predicted molar refractivity (Wildman–Crippen MR) is 64.8 cm³/mol. The van der Waals surface area contributed by atoms with Crippen molar-refractivity contribution in [3.05, 3.63) is 18.3 Å². The minimum atomic E-state index is -0.567. The molecule has 92 valence electrons. The molecule has 17 heavy (non-hydrogen) atoms. The third kappa shape index (κ3) is 2.55. The van der Waals surface area contributed by atoms with E-state index >= 15 is 0 Å². The summed E-state index contributed by atoms with van der Waals surface area (Å²) in [5.74, 6) is 0.0533. The topological polar surface area (TPSA) is 74.2 Å². The fourth-order valence-electron chi connectivity index (χ4n) is 1.99. The van der Waals surface area contributed by atoms with Crippen LogP contribution in [0.1, 0.15) is 26.2 Å². The Hall–Kier alpha value is -1.62. The average molecular weight is 235 g/mol. The van der Waals surface area contributed by atoms with E-state index in [9.17, 15) is 9.90 Å². The highest BCUT2D eigenvalue weighted by atomic mass is 16.3. The van der Waals surface area contributed by atoms with Crippen LogP contribution in [0.15, 0.2) is 18.3 Å². The van der Waals surface area contributed by atoms with Gasteiger partial charge >= 0.3 is 0 Å². The molecule has 1 aromatic heterocycles. The van der Waals surface area contributed by atoms with Crippen molar-refractivity contribution in [2.75, 3.05) is 11.9 Å². The summed E-state index contributed by atoms with van der Waals surface area (Å²) in [5, 5.41) is 15.4. The van der Waals surface area contributed by atoms with Crippen LogP contribution in [0.4, 0.5) is 5.82 Å². The monoisotopic (exact) mass is 235 g/mol. The normalized spacial score (nSPS) is 24.3.